The largest absolute Gasteiger partial charge is 0.354 e. The van der Waals surface area contributed by atoms with Gasteiger partial charge < -0.3 is 19.4 Å². The number of methoxy groups -OCH3 is 2. The molecule has 0 aliphatic rings. The Morgan fingerprint density at radius 3 is 2.71 bits per heavy atom. The van der Waals surface area contributed by atoms with Gasteiger partial charge in [-0.2, -0.15) is 0 Å². The topological polar surface area (TPSA) is 69.6 Å². The summed E-state index contributed by atoms with van der Waals surface area (Å²) in [5.74, 6) is -0.440. The van der Waals surface area contributed by atoms with Crippen molar-refractivity contribution in [1.29, 1.82) is 0 Å². The van der Waals surface area contributed by atoms with Gasteiger partial charge in [0.05, 0.1) is 6.54 Å². The zero-order chi connectivity index (χ0) is 12.8. The van der Waals surface area contributed by atoms with Crippen molar-refractivity contribution in [1.82, 2.24) is 9.88 Å². The lowest BCUT2D eigenvalue weighted by Gasteiger charge is -2.13. The van der Waals surface area contributed by atoms with Gasteiger partial charge in [0.2, 0.25) is 0 Å². The molecule has 0 unspecified atom stereocenters. The SMILES string of the molecule is COC(CNC(=O)c1cccn(C)c1=O)OC. The lowest BCUT2D eigenvalue weighted by Crippen LogP contribution is -2.37. The van der Waals surface area contributed by atoms with E-state index in [9.17, 15) is 9.59 Å². The van der Waals surface area contributed by atoms with Crippen LogP contribution in [-0.4, -0.2) is 37.5 Å². The summed E-state index contributed by atoms with van der Waals surface area (Å²) in [6.45, 7) is 0.184. The molecule has 0 radical (unpaired) electrons. The second kappa shape index (κ2) is 6.17. The molecule has 0 atom stereocenters. The molecule has 6 heteroatoms. The zero-order valence-electron chi connectivity index (χ0n) is 10.1. The summed E-state index contributed by atoms with van der Waals surface area (Å²) in [4.78, 5) is 23.4. The van der Waals surface area contributed by atoms with Crippen LogP contribution in [0.5, 0.6) is 0 Å². The smallest absolute Gasteiger partial charge is 0.263 e. The number of nitrogens with one attached hydrogen (secondary N) is 1. The number of pyridine rings is 1. The van der Waals surface area contributed by atoms with E-state index in [1.807, 2.05) is 0 Å². The molecule has 0 spiro atoms. The van der Waals surface area contributed by atoms with Crippen LogP contribution in [0, 0.1) is 0 Å². The monoisotopic (exact) mass is 240 g/mol. The molecule has 0 bridgehead atoms. The number of aryl methyl sites for hydroxylation is 1. The van der Waals surface area contributed by atoms with E-state index in [4.69, 9.17) is 9.47 Å². The number of aromatic nitrogens is 1. The van der Waals surface area contributed by atoms with Crippen molar-refractivity contribution in [3.05, 3.63) is 34.2 Å². The van der Waals surface area contributed by atoms with E-state index >= 15 is 0 Å². The van der Waals surface area contributed by atoms with Crippen LogP contribution in [0.2, 0.25) is 0 Å². The van der Waals surface area contributed by atoms with E-state index in [2.05, 4.69) is 5.32 Å². The van der Waals surface area contributed by atoms with Crippen LogP contribution in [0.3, 0.4) is 0 Å². The molecule has 1 amide bonds. The first-order valence-corrected chi connectivity index (χ1v) is 5.09. The maximum atomic E-state index is 11.7. The Balaban J connectivity index is 2.71. The van der Waals surface area contributed by atoms with Gasteiger partial charge in [0.1, 0.15) is 5.56 Å². The molecule has 0 aromatic carbocycles. The fourth-order valence-corrected chi connectivity index (χ4v) is 1.30. The van der Waals surface area contributed by atoms with Crippen LogP contribution < -0.4 is 10.9 Å². The van der Waals surface area contributed by atoms with Crippen molar-refractivity contribution in [3.63, 3.8) is 0 Å². The third-order valence-electron chi connectivity index (χ3n) is 2.32. The summed E-state index contributed by atoms with van der Waals surface area (Å²) in [6.07, 6.45) is 1.07. The molecule has 0 saturated carbocycles. The quantitative estimate of drug-likeness (QED) is 0.719. The lowest BCUT2D eigenvalue weighted by molar-refractivity contribution is -0.0974. The van der Waals surface area contributed by atoms with Crippen molar-refractivity contribution in [2.24, 2.45) is 7.05 Å². The normalized spacial score (nSPS) is 10.6. The van der Waals surface area contributed by atoms with Crippen LogP contribution in [0.25, 0.3) is 0 Å². The average molecular weight is 240 g/mol. The van der Waals surface area contributed by atoms with Gasteiger partial charge in [0, 0.05) is 27.5 Å². The second-order valence-corrected chi connectivity index (χ2v) is 3.45. The molecule has 1 N–H and O–H groups in total. The fraction of sp³-hybridized carbons (Fsp3) is 0.455. The van der Waals surface area contributed by atoms with Gasteiger partial charge in [0.25, 0.3) is 11.5 Å². The van der Waals surface area contributed by atoms with Gasteiger partial charge in [-0.25, -0.2) is 0 Å². The highest BCUT2D eigenvalue weighted by Gasteiger charge is 2.13. The van der Waals surface area contributed by atoms with Crippen LogP contribution in [0.4, 0.5) is 0 Å². The number of amides is 1. The Labute approximate surface area is 99.2 Å². The highest BCUT2D eigenvalue weighted by molar-refractivity contribution is 5.93. The highest BCUT2D eigenvalue weighted by atomic mass is 16.7. The maximum Gasteiger partial charge on any atom is 0.263 e. The number of ether oxygens (including phenoxy) is 2. The third kappa shape index (κ3) is 3.40. The molecule has 1 heterocycles. The molecular formula is C11H16N2O4. The molecule has 94 valence electrons. The Morgan fingerprint density at radius 2 is 2.12 bits per heavy atom. The molecule has 0 fully saturated rings. The summed E-state index contributed by atoms with van der Waals surface area (Å²) in [7, 11) is 4.54. The number of hydrogen-bond acceptors (Lipinski definition) is 4. The fourth-order valence-electron chi connectivity index (χ4n) is 1.30. The van der Waals surface area contributed by atoms with E-state index in [0.29, 0.717) is 0 Å². The molecule has 17 heavy (non-hydrogen) atoms. The van der Waals surface area contributed by atoms with Crippen LogP contribution in [0.15, 0.2) is 23.1 Å². The third-order valence-corrected chi connectivity index (χ3v) is 2.32. The van der Waals surface area contributed by atoms with Crippen molar-refractivity contribution < 1.29 is 14.3 Å². The zero-order valence-corrected chi connectivity index (χ0v) is 10.1. The summed E-state index contributed by atoms with van der Waals surface area (Å²) >= 11 is 0. The summed E-state index contributed by atoms with van der Waals surface area (Å²) in [6, 6.07) is 3.12. The molecule has 0 saturated heterocycles. The Bertz CT molecular complexity index is 437. The van der Waals surface area contributed by atoms with Gasteiger partial charge in [-0.15, -0.1) is 0 Å². The first-order chi connectivity index (χ1) is 8.10. The number of nitrogens with zero attached hydrogens (tertiary/aromatic N) is 1. The van der Waals surface area contributed by atoms with Gasteiger partial charge in [0.15, 0.2) is 6.29 Å². The van der Waals surface area contributed by atoms with Gasteiger partial charge in [-0.05, 0) is 12.1 Å². The molecular weight excluding hydrogens is 224 g/mol. The number of hydrogen-bond donors (Lipinski definition) is 1. The number of rotatable bonds is 5. The summed E-state index contributed by atoms with van der Waals surface area (Å²) in [5, 5.41) is 2.57. The van der Waals surface area contributed by atoms with E-state index in [-0.39, 0.29) is 17.7 Å². The van der Waals surface area contributed by atoms with E-state index in [1.54, 1.807) is 19.3 Å². The lowest BCUT2D eigenvalue weighted by atomic mass is 10.2. The first kappa shape index (κ1) is 13.4. The molecule has 1 aromatic heterocycles. The Morgan fingerprint density at radius 1 is 1.47 bits per heavy atom. The minimum absolute atomic E-state index is 0.0981. The molecule has 1 aromatic rings. The predicted octanol–water partition coefficient (Wildman–Crippen LogP) is -0.266. The first-order valence-electron chi connectivity index (χ1n) is 5.09. The van der Waals surface area contributed by atoms with Crippen molar-refractivity contribution in [3.8, 4) is 0 Å². The van der Waals surface area contributed by atoms with Gasteiger partial charge in [-0.1, -0.05) is 0 Å². The van der Waals surface area contributed by atoms with E-state index in [1.165, 1.54) is 24.9 Å². The van der Waals surface area contributed by atoms with E-state index in [0.717, 1.165) is 0 Å². The number of carbonyl (C=O) groups excluding carboxylic acids is 1. The molecule has 0 aliphatic carbocycles. The summed E-state index contributed by atoms with van der Waals surface area (Å²) in [5.41, 5.74) is -0.239. The minimum atomic E-state index is -0.522. The molecule has 0 aliphatic heterocycles. The maximum absolute atomic E-state index is 11.7. The minimum Gasteiger partial charge on any atom is -0.354 e. The van der Waals surface area contributed by atoms with E-state index < -0.39 is 12.2 Å². The van der Waals surface area contributed by atoms with Gasteiger partial charge in [-0.3, -0.25) is 9.59 Å². The highest BCUT2D eigenvalue weighted by Crippen LogP contribution is 1.93. The molecule has 6 nitrogen and oxygen atoms in total. The van der Waals surface area contributed by atoms with Crippen molar-refractivity contribution in [2.75, 3.05) is 20.8 Å². The van der Waals surface area contributed by atoms with Crippen molar-refractivity contribution >= 4 is 5.91 Å². The predicted molar refractivity (Wildman–Crippen MR) is 61.8 cm³/mol. The van der Waals surface area contributed by atoms with Crippen LogP contribution >= 0.6 is 0 Å². The van der Waals surface area contributed by atoms with Crippen molar-refractivity contribution in [2.45, 2.75) is 6.29 Å². The Kier molecular flexibility index (Phi) is 4.86. The second-order valence-electron chi connectivity index (χ2n) is 3.45. The number of carbonyl (C=O) groups is 1. The van der Waals surface area contributed by atoms with Gasteiger partial charge >= 0.3 is 0 Å². The standard InChI is InChI=1S/C11H16N2O4/c1-13-6-4-5-8(11(13)15)10(14)12-7-9(16-2)17-3/h4-6,9H,7H2,1-3H3,(H,12,14). The van der Waals surface area contributed by atoms with Crippen LogP contribution in [-0.2, 0) is 16.5 Å². The average Bonchev–Trinajstić information content (AvgIpc) is 2.33. The summed E-state index contributed by atoms with van der Waals surface area (Å²) < 4.78 is 11.2. The Hall–Kier alpha value is -1.66. The van der Waals surface area contributed by atoms with Crippen LogP contribution in [0.1, 0.15) is 10.4 Å². The molecule has 1 rings (SSSR count).